The predicted octanol–water partition coefficient (Wildman–Crippen LogP) is 3.91. The van der Waals surface area contributed by atoms with E-state index in [9.17, 15) is 0 Å². The van der Waals surface area contributed by atoms with Crippen molar-refractivity contribution < 1.29 is 19.2 Å². The molecule has 0 atom stereocenters. The molecule has 180 valence electrons. The van der Waals surface area contributed by atoms with Crippen molar-refractivity contribution in [3.63, 3.8) is 0 Å². The van der Waals surface area contributed by atoms with Crippen LogP contribution in [-0.2, 0) is 4.57 Å². The number of nitrogens with zero attached hydrogens (tertiary/aromatic N) is 1. The summed E-state index contributed by atoms with van der Waals surface area (Å²) in [7, 11) is -6.67. The maximum Gasteiger partial charge on any atom is 0.466 e. The number of unbranched alkanes of at least 4 members (excludes halogenated alkanes) is 1. The fraction of sp³-hybridized carbons (Fsp3) is 0.308. The number of hydrogen-bond donors (Lipinski definition) is 3. The van der Waals surface area contributed by atoms with Gasteiger partial charge in [0.05, 0.1) is 0 Å². The molecular weight excluding hydrogens is 452 g/mol. The Bertz CT molecular complexity index is 856. The van der Waals surface area contributed by atoms with Crippen LogP contribution in [0.3, 0.4) is 0 Å². The first kappa shape index (κ1) is 27.4. The molecule has 3 aromatic carbocycles. The van der Waals surface area contributed by atoms with Gasteiger partial charge in [-0.25, -0.2) is 4.57 Å². The van der Waals surface area contributed by atoms with Gasteiger partial charge in [0.1, 0.15) is 0 Å². The Morgan fingerprint density at radius 2 is 1.00 bits per heavy atom. The second-order valence-corrected chi connectivity index (χ2v) is 13.1. The van der Waals surface area contributed by atoms with Gasteiger partial charge in [0.15, 0.2) is 0 Å². The zero-order chi connectivity index (χ0) is 24.2. The van der Waals surface area contributed by atoms with Gasteiger partial charge in [-0.05, 0) is 0 Å². The Hall–Kier alpha value is -1.84. The van der Waals surface area contributed by atoms with E-state index in [1.54, 1.807) is 0 Å². The molecule has 0 aliphatic carbocycles. The summed E-state index contributed by atoms with van der Waals surface area (Å²) in [5.74, 6) is 0. The van der Waals surface area contributed by atoms with Crippen LogP contribution in [0.4, 0.5) is 0 Å². The third-order valence-corrected chi connectivity index (χ3v) is 11.0. The van der Waals surface area contributed by atoms with Crippen LogP contribution in [0.25, 0.3) is 0 Å². The van der Waals surface area contributed by atoms with Gasteiger partial charge in [0.2, 0.25) is 0 Å². The fourth-order valence-corrected chi connectivity index (χ4v) is 9.30. The van der Waals surface area contributed by atoms with E-state index >= 15 is 0 Å². The molecular formula is C26H37NO4P2. The Morgan fingerprint density at radius 3 is 1.30 bits per heavy atom. The first-order valence-corrected chi connectivity index (χ1v) is 15.3. The van der Waals surface area contributed by atoms with E-state index in [1.165, 1.54) is 41.5 Å². The molecule has 5 nitrogen and oxygen atoms in total. The molecule has 0 bridgehead atoms. The average Bonchev–Trinajstić information content (AvgIpc) is 2.82. The molecule has 0 saturated carbocycles. The number of rotatable bonds is 10. The summed E-state index contributed by atoms with van der Waals surface area (Å²) in [6.45, 7) is 8.03. The third kappa shape index (κ3) is 8.79. The van der Waals surface area contributed by atoms with Crippen LogP contribution in [0.5, 0.6) is 0 Å². The molecule has 0 fully saturated rings. The van der Waals surface area contributed by atoms with Gasteiger partial charge in [-0.1, -0.05) is 0 Å². The second-order valence-electron chi connectivity index (χ2n) is 8.00. The fourth-order valence-electron chi connectivity index (χ4n) is 4.37. The Morgan fingerprint density at radius 1 is 0.667 bits per heavy atom. The van der Waals surface area contributed by atoms with E-state index in [0.717, 1.165) is 13.1 Å². The molecule has 3 aromatic rings. The Balaban J connectivity index is 0.000000696. The minimum absolute atomic E-state index is 1.15. The molecule has 33 heavy (non-hydrogen) atoms. The van der Waals surface area contributed by atoms with E-state index in [2.05, 4.69) is 110 Å². The van der Waals surface area contributed by atoms with Crippen LogP contribution >= 0.6 is 15.1 Å². The number of phosphoric acid groups is 1. The van der Waals surface area contributed by atoms with Crippen molar-refractivity contribution in [2.45, 2.75) is 26.7 Å². The predicted molar refractivity (Wildman–Crippen MR) is 143 cm³/mol. The largest absolute Gasteiger partial charge is 0.466 e. The normalized spacial score (nSPS) is 12.2. The van der Waals surface area contributed by atoms with Gasteiger partial charge >= 0.3 is 179 Å². The zero-order valence-corrected chi connectivity index (χ0v) is 21.4. The number of benzene rings is 3. The smallest absolute Gasteiger partial charge is 0.303 e. The first-order chi connectivity index (χ1) is 15.8. The quantitative estimate of drug-likeness (QED) is 0.297. The number of hydrogen-bond acceptors (Lipinski definition) is 2. The standard InChI is InChI=1S/C26H34NP.H3O4P/c1-3-27(4-2)22-14-15-23-28(24-16-8-5-9-17-24,25-18-10-6-11-19-25)26-20-12-7-13-21-26;1-5(2,3)4/h5-13,16-21,28H,3-4,14-15,22-23H2,1-2H3;(H3,1,2,3,4). The molecule has 7 heteroatoms. The second kappa shape index (κ2) is 13.8. The summed E-state index contributed by atoms with van der Waals surface area (Å²) in [6.07, 6.45) is 3.79. The van der Waals surface area contributed by atoms with Gasteiger partial charge in [0, 0.05) is 0 Å². The summed E-state index contributed by atoms with van der Waals surface area (Å²) in [5.41, 5.74) is 0. The molecule has 0 spiro atoms. The van der Waals surface area contributed by atoms with Crippen molar-refractivity contribution in [3.8, 4) is 0 Å². The van der Waals surface area contributed by atoms with E-state index < -0.39 is 15.1 Å². The van der Waals surface area contributed by atoms with Gasteiger partial charge in [-0.2, -0.15) is 0 Å². The van der Waals surface area contributed by atoms with Crippen molar-refractivity contribution in [2.75, 3.05) is 25.8 Å². The van der Waals surface area contributed by atoms with Crippen molar-refractivity contribution in [1.82, 2.24) is 4.90 Å². The minimum atomic E-state index is -4.64. The summed E-state index contributed by atoms with van der Waals surface area (Å²) in [4.78, 5) is 24.1. The molecule has 3 N–H and O–H groups in total. The summed E-state index contributed by atoms with van der Waals surface area (Å²) in [5, 5.41) is 4.57. The van der Waals surface area contributed by atoms with Gasteiger partial charge in [-0.15, -0.1) is 0 Å². The molecule has 0 amide bonds. The summed E-state index contributed by atoms with van der Waals surface area (Å²) in [6, 6.07) is 33.8. The Kier molecular flexibility index (Phi) is 11.4. The van der Waals surface area contributed by atoms with Crippen LogP contribution < -0.4 is 15.9 Å². The molecule has 0 saturated heterocycles. The molecule has 0 aromatic heterocycles. The molecule has 0 heterocycles. The van der Waals surface area contributed by atoms with Crippen LogP contribution in [-0.4, -0.2) is 45.4 Å². The maximum atomic E-state index is 8.88. The molecule has 0 unspecified atom stereocenters. The molecule has 0 aliphatic heterocycles. The SMILES string of the molecule is CCN(CC)CCCC[PH](c1ccccc1)(c1ccccc1)c1ccccc1.O=P(O)(O)O. The summed E-state index contributed by atoms with van der Waals surface area (Å²) < 4.78 is 8.88. The Labute approximate surface area is 198 Å². The van der Waals surface area contributed by atoms with Crippen LogP contribution in [0.2, 0.25) is 0 Å². The minimum Gasteiger partial charge on any atom is -0.303 e. The molecule has 0 aliphatic rings. The van der Waals surface area contributed by atoms with Gasteiger partial charge in [-0.3, -0.25) is 0 Å². The van der Waals surface area contributed by atoms with Crippen LogP contribution in [0.15, 0.2) is 91.0 Å². The maximum absolute atomic E-state index is 8.88. The topological polar surface area (TPSA) is 81.0 Å². The van der Waals surface area contributed by atoms with Crippen molar-refractivity contribution in [3.05, 3.63) is 91.0 Å². The van der Waals surface area contributed by atoms with E-state index in [4.69, 9.17) is 19.2 Å². The van der Waals surface area contributed by atoms with Crippen molar-refractivity contribution in [2.24, 2.45) is 0 Å². The average molecular weight is 490 g/mol. The first-order valence-electron chi connectivity index (χ1n) is 11.5. The zero-order valence-electron chi connectivity index (χ0n) is 19.5. The summed E-state index contributed by atoms with van der Waals surface area (Å²) >= 11 is 0. The van der Waals surface area contributed by atoms with E-state index in [-0.39, 0.29) is 0 Å². The van der Waals surface area contributed by atoms with Gasteiger partial charge < -0.3 is 14.7 Å². The van der Waals surface area contributed by atoms with Crippen LogP contribution in [0.1, 0.15) is 26.7 Å². The van der Waals surface area contributed by atoms with Crippen LogP contribution in [0, 0.1) is 0 Å². The van der Waals surface area contributed by atoms with E-state index in [1.807, 2.05) is 0 Å². The van der Waals surface area contributed by atoms with E-state index in [0.29, 0.717) is 0 Å². The van der Waals surface area contributed by atoms with Gasteiger partial charge in [0.25, 0.3) is 0 Å². The molecule has 3 rings (SSSR count). The molecule has 0 radical (unpaired) electrons. The third-order valence-electron chi connectivity index (χ3n) is 5.97. The van der Waals surface area contributed by atoms with Crippen molar-refractivity contribution in [1.29, 1.82) is 0 Å². The van der Waals surface area contributed by atoms with Crippen molar-refractivity contribution >= 4 is 31.0 Å². The monoisotopic (exact) mass is 489 g/mol.